The predicted octanol–water partition coefficient (Wildman–Crippen LogP) is 5.35. The summed E-state index contributed by atoms with van der Waals surface area (Å²) < 4.78 is 6.76. The van der Waals surface area contributed by atoms with Gasteiger partial charge in [0.1, 0.15) is 5.75 Å². The van der Waals surface area contributed by atoms with Crippen LogP contribution in [-0.2, 0) is 6.54 Å². The van der Waals surface area contributed by atoms with Crippen LogP contribution in [0.4, 0.5) is 5.69 Å². The van der Waals surface area contributed by atoms with Gasteiger partial charge in [-0.3, -0.25) is 0 Å². The van der Waals surface area contributed by atoms with Crippen LogP contribution < -0.4 is 10.1 Å². The van der Waals surface area contributed by atoms with Crippen LogP contribution in [0.15, 0.2) is 42.5 Å². The number of benzene rings is 2. The zero-order chi connectivity index (χ0) is 14.4. The minimum atomic E-state index is 0.726. The molecule has 0 aliphatic carbocycles. The van der Waals surface area contributed by atoms with E-state index in [1.165, 1.54) is 5.56 Å². The third-order valence-electron chi connectivity index (χ3n) is 2.79. The molecule has 0 amide bonds. The Hall–Kier alpha value is -0.940. The monoisotopic (exact) mass is 401 g/mol. The molecular formula is C16H17ClINO. The molecule has 1 N–H and O–H groups in total. The van der Waals surface area contributed by atoms with Crippen molar-refractivity contribution in [3.8, 4) is 5.75 Å². The first kappa shape index (κ1) is 15.4. The third kappa shape index (κ3) is 4.56. The van der Waals surface area contributed by atoms with Crippen molar-refractivity contribution < 1.29 is 4.74 Å². The van der Waals surface area contributed by atoms with Crippen molar-refractivity contribution in [1.29, 1.82) is 0 Å². The summed E-state index contributed by atoms with van der Waals surface area (Å²) in [6.45, 7) is 3.58. The van der Waals surface area contributed by atoms with Gasteiger partial charge in [0.15, 0.2) is 0 Å². The smallest absolute Gasteiger partial charge is 0.119 e. The molecule has 2 aromatic carbocycles. The van der Waals surface area contributed by atoms with E-state index in [0.717, 1.165) is 39.6 Å². The zero-order valence-corrected chi connectivity index (χ0v) is 14.2. The SMILES string of the molecule is CCCOc1cccc(CNc2ccc(I)cc2Cl)c1. The summed E-state index contributed by atoms with van der Waals surface area (Å²) in [6, 6.07) is 14.1. The maximum absolute atomic E-state index is 6.20. The predicted molar refractivity (Wildman–Crippen MR) is 93.7 cm³/mol. The van der Waals surface area contributed by atoms with E-state index in [2.05, 4.69) is 47.0 Å². The Balaban J connectivity index is 1.99. The Morgan fingerprint density at radius 3 is 2.80 bits per heavy atom. The Labute approximate surface area is 138 Å². The molecule has 0 radical (unpaired) electrons. The van der Waals surface area contributed by atoms with E-state index >= 15 is 0 Å². The van der Waals surface area contributed by atoms with Gasteiger partial charge in [-0.05, 0) is 64.9 Å². The number of ether oxygens (including phenoxy) is 1. The van der Waals surface area contributed by atoms with Crippen LogP contribution in [-0.4, -0.2) is 6.61 Å². The first-order valence-electron chi connectivity index (χ1n) is 6.59. The lowest BCUT2D eigenvalue weighted by Gasteiger charge is -2.10. The minimum absolute atomic E-state index is 0.726. The van der Waals surface area contributed by atoms with E-state index in [-0.39, 0.29) is 0 Å². The molecule has 0 aromatic heterocycles. The fourth-order valence-electron chi connectivity index (χ4n) is 1.80. The van der Waals surface area contributed by atoms with Gasteiger partial charge in [-0.2, -0.15) is 0 Å². The summed E-state index contributed by atoms with van der Waals surface area (Å²) >= 11 is 8.45. The van der Waals surface area contributed by atoms with Crippen LogP contribution in [0.25, 0.3) is 0 Å². The zero-order valence-electron chi connectivity index (χ0n) is 11.3. The molecule has 20 heavy (non-hydrogen) atoms. The number of hydrogen-bond acceptors (Lipinski definition) is 2. The molecule has 2 rings (SSSR count). The van der Waals surface area contributed by atoms with Crippen LogP contribution in [0.3, 0.4) is 0 Å². The van der Waals surface area contributed by atoms with Gasteiger partial charge in [0.25, 0.3) is 0 Å². The van der Waals surface area contributed by atoms with Crippen molar-refractivity contribution in [3.63, 3.8) is 0 Å². The largest absolute Gasteiger partial charge is 0.494 e. The summed E-state index contributed by atoms with van der Waals surface area (Å²) in [6.07, 6.45) is 1.01. The maximum atomic E-state index is 6.20. The molecule has 0 bridgehead atoms. The van der Waals surface area contributed by atoms with Crippen LogP contribution in [0.2, 0.25) is 5.02 Å². The van der Waals surface area contributed by atoms with Gasteiger partial charge in [-0.15, -0.1) is 0 Å². The van der Waals surface area contributed by atoms with Gasteiger partial charge in [-0.25, -0.2) is 0 Å². The van der Waals surface area contributed by atoms with E-state index in [9.17, 15) is 0 Å². The molecule has 0 atom stereocenters. The Bertz CT molecular complexity index is 574. The van der Waals surface area contributed by atoms with E-state index in [4.69, 9.17) is 16.3 Å². The van der Waals surface area contributed by atoms with Crippen molar-refractivity contribution in [2.45, 2.75) is 19.9 Å². The van der Waals surface area contributed by atoms with Gasteiger partial charge in [-0.1, -0.05) is 30.7 Å². The fraction of sp³-hybridized carbons (Fsp3) is 0.250. The molecule has 2 nitrogen and oxygen atoms in total. The summed E-state index contributed by atoms with van der Waals surface area (Å²) in [5.41, 5.74) is 2.13. The number of anilines is 1. The van der Waals surface area contributed by atoms with Gasteiger partial charge in [0, 0.05) is 10.1 Å². The second-order valence-corrected chi connectivity index (χ2v) is 6.13. The molecule has 0 saturated heterocycles. The summed E-state index contributed by atoms with van der Waals surface area (Å²) in [5, 5.41) is 4.09. The van der Waals surface area contributed by atoms with Crippen molar-refractivity contribution in [3.05, 3.63) is 56.6 Å². The first-order chi connectivity index (χ1) is 9.69. The van der Waals surface area contributed by atoms with Crippen LogP contribution in [0.1, 0.15) is 18.9 Å². The molecule has 0 unspecified atom stereocenters. The molecule has 4 heteroatoms. The number of hydrogen-bond donors (Lipinski definition) is 1. The highest BCUT2D eigenvalue weighted by molar-refractivity contribution is 14.1. The molecular weight excluding hydrogens is 385 g/mol. The standard InChI is InChI=1S/C16H17ClINO/c1-2-8-20-14-5-3-4-12(9-14)11-19-16-7-6-13(18)10-15(16)17/h3-7,9-10,19H,2,8,11H2,1H3. The number of halogens is 2. The highest BCUT2D eigenvalue weighted by Crippen LogP contribution is 2.24. The Morgan fingerprint density at radius 2 is 2.05 bits per heavy atom. The van der Waals surface area contributed by atoms with E-state index in [1.807, 2.05) is 30.3 Å². The average molecular weight is 402 g/mol. The van der Waals surface area contributed by atoms with Gasteiger partial charge < -0.3 is 10.1 Å². The van der Waals surface area contributed by atoms with E-state index in [1.54, 1.807) is 0 Å². The lowest BCUT2D eigenvalue weighted by Crippen LogP contribution is -2.01. The topological polar surface area (TPSA) is 21.3 Å². The summed E-state index contributed by atoms with van der Waals surface area (Å²) in [5.74, 6) is 0.917. The van der Waals surface area contributed by atoms with E-state index in [0.29, 0.717) is 0 Å². The molecule has 0 heterocycles. The normalized spacial score (nSPS) is 10.3. The lowest BCUT2D eigenvalue weighted by atomic mass is 10.2. The quantitative estimate of drug-likeness (QED) is 0.659. The fourth-order valence-corrected chi connectivity index (χ4v) is 2.72. The first-order valence-corrected chi connectivity index (χ1v) is 8.05. The highest BCUT2D eigenvalue weighted by atomic mass is 127. The number of rotatable bonds is 6. The Morgan fingerprint density at radius 1 is 1.20 bits per heavy atom. The lowest BCUT2D eigenvalue weighted by molar-refractivity contribution is 0.317. The van der Waals surface area contributed by atoms with Crippen LogP contribution in [0.5, 0.6) is 5.75 Å². The molecule has 0 aliphatic heterocycles. The van der Waals surface area contributed by atoms with Gasteiger partial charge in [0.05, 0.1) is 17.3 Å². The summed E-state index contributed by atoms with van der Waals surface area (Å²) in [7, 11) is 0. The van der Waals surface area contributed by atoms with Gasteiger partial charge in [0.2, 0.25) is 0 Å². The molecule has 106 valence electrons. The van der Waals surface area contributed by atoms with Crippen molar-refractivity contribution in [2.24, 2.45) is 0 Å². The molecule has 0 spiro atoms. The van der Waals surface area contributed by atoms with Gasteiger partial charge >= 0.3 is 0 Å². The summed E-state index contributed by atoms with van der Waals surface area (Å²) in [4.78, 5) is 0. The minimum Gasteiger partial charge on any atom is -0.494 e. The average Bonchev–Trinajstić information content (AvgIpc) is 2.45. The van der Waals surface area contributed by atoms with Crippen molar-refractivity contribution >= 4 is 39.9 Å². The van der Waals surface area contributed by atoms with Crippen LogP contribution in [0, 0.1) is 3.57 Å². The van der Waals surface area contributed by atoms with E-state index < -0.39 is 0 Å². The maximum Gasteiger partial charge on any atom is 0.119 e. The van der Waals surface area contributed by atoms with Crippen molar-refractivity contribution in [2.75, 3.05) is 11.9 Å². The number of nitrogens with one attached hydrogen (secondary N) is 1. The van der Waals surface area contributed by atoms with Crippen LogP contribution >= 0.6 is 34.2 Å². The second kappa shape index (κ2) is 7.74. The van der Waals surface area contributed by atoms with Crippen molar-refractivity contribution in [1.82, 2.24) is 0 Å². The molecule has 0 fully saturated rings. The second-order valence-electron chi connectivity index (χ2n) is 4.47. The third-order valence-corrected chi connectivity index (χ3v) is 3.77. The molecule has 0 aliphatic rings. The molecule has 0 saturated carbocycles. The Kier molecular flexibility index (Phi) is 5.98. The highest BCUT2D eigenvalue weighted by Gasteiger charge is 2.02. The molecule has 2 aromatic rings.